The molecular weight excluding hydrogens is 258 g/mol. The molecule has 4 N–H and O–H groups in total. The molecule has 20 heavy (non-hydrogen) atoms. The van der Waals surface area contributed by atoms with Crippen LogP contribution in [0.2, 0.25) is 0 Å². The standard InChI is InChI=1S/C12H19N7O/c1-2-3-14-4-5-15-9(20)6-19-8-18-10-11(13)16-7-17-12(10)19/h7-8,14H,2-6H2,1H3,(H,15,20)(H2,13,16,17). The number of amides is 1. The number of aromatic nitrogens is 4. The zero-order chi connectivity index (χ0) is 14.4. The highest BCUT2D eigenvalue weighted by Crippen LogP contribution is 2.13. The molecule has 2 aromatic rings. The van der Waals surface area contributed by atoms with E-state index in [9.17, 15) is 4.79 Å². The summed E-state index contributed by atoms with van der Waals surface area (Å²) in [6.07, 6.45) is 3.99. The van der Waals surface area contributed by atoms with Crippen LogP contribution in [0, 0.1) is 0 Å². The molecule has 0 radical (unpaired) electrons. The predicted octanol–water partition coefficient (Wildman–Crippen LogP) is -0.476. The van der Waals surface area contributed by atoms with Gasteiger partial charge in [0.2, 0.25) is 5.91 Å². The van der Waals surface area contributed by atoms with Gasteiger partial charge in [-0.05, 0) is 13.0 Å². The monoisotopic (exact) mass is 277 g/mol. The van der Waals surface area contributed by atoms with Crippen molar-refractivity contribution in [2.75, 3.05) is 25.4 Å². The Morgan fingerprint density at radius 3 is 2.95 bits per heavy atom. The van der Waals surface area contributed by atoms with Crippen LogP contribution < -0.4 is 16.4 Å². The SMILES string of the molecule is CCCNCCNC(=O)Cn1cnc2c(N)ncnc21. The molecule has 1 amide bonds. The van der Waals surface area contributed by atoms with Gasteiger partial charge in [0.15, 0.2) is 11.5 Å². The summed E-state index contributed by atoms with van der Waals surface area (Å²) in [5.74, 6) is 0.234. The molecule has 0 atom stereocenters. The third-order valence-electron chi connectivity index (χ3n) is 2.79. The first-order chi connectivity index (χ1) is 9.72. The van der Waals surface area contributed by atoms with Gasteiger partial charge in [0, 0.05) is 13.1 Å². The highest BCUT2D eigenvalue weighted by Gasteiger charge is 2.10. The number of anilines is 1. The van der Waals surface area contributed by atoms with Crippen molar-refractivity contribution in [3.63, 3.8) is 0 Å². The maximum absolute atomic E-state index is 11.8. The first-order valence-electron chi connectivity index (χ1n) is 6.61. The number of rotatable bonds is 7. The fourth-order valence-corrected chi connectivity index (χ4v) is 1.82. The minimum Gasteiger partial charge on any atom is -0.382 e. The second-order valence-electron chi connectivity index (χ2n) is 4.40. The molecule has 0 bridgehead atoms. The number of nitrogens with two attached hydrogens (primary N) is 1. The van der Waals surface area contributed by atoms with Crippen molar-refractivity contribution < 1.29 is 4.79 Å². The lowest BCUT2D eigenvalue weighted by atomic mass is 10.4. The van der Waals surface area contributed by atoms with Gasteiger partial charge in [-0.2, -0.15) is 0 Å². The Balaban J connectivity index is 1.88. The number of carbonyl (C=O) groups is 1. The maximum Gasteiger partial charge on any atom is 0.240 e. The average molecular weight is 277 g/mol. The molecule has 108 valence electrons. The molecule has 0 spiro atoms. The minimum absolute atomic E-state index is 0.0835. The highest BCUT2D eigenvalue weighted by atomic mass is 16.1. The number of hydrogen-bond acceptors (Lipinski definition) is 6. The number of nitrogens with zero attached hydrogens (tertiary/aromatic N) is 4. The Bertz CT molecular complexity index is 580. The molecule has 0 aliphatic rings. The van der Waals surface area contributed by atoms with Crippen LogP contribution in [0.15, 0.2) is 12.7 Å². The summed E-state index contributed by atoms with van der Waals surface area (Å²) >= 11 is 0. The summed E-state index contributed by atoms with van der Waals surface area (Å²) < 4.78 is 1.65. The summed E-state index contributed by atoms with van der Waals surface area (Å²) in [5, 5.41) is 6.05. The summed E-state index contributed by atoms with van der Waals surface area (Å²) in [4.78, 5) is 23.9. The van der Waals surface area contributed by atoms with Gasteiger partial charge < -0.3 is 20.9 Å². The zero-order valence-electron chi connectivity index (χ0n) is 11.5. The lowest BCUT2D eigenvalue weighted by Gasteiger charge is -2.07. The summed E-state index contributed by atoms with van der Waals surface area (Å²) in [6, 6.07) is 0. The van der Waals surface area contributed by atoms with E-state index in [-0.39, 0.29) is 12.5 Å². The number of fused-ring (bicyclic) bond motifs is 1. The van der Waals surface area contributed by atoms with Crippen LogP contribution in [0.1, 0.15) is 13.3 Å². The van der Waals surface area contributed by atoms with Crippen molar-refractivity contribution in [1.82, 2.24) is 30.2 Å². The van der Waals surface area contributed by atoms with Crippen LogP contribution in [0.5, 0.6) is 0 Å². The fourth-order valence-electron chi connectivity index (χ4n) is 1.82. The first-order valence-corrected chi connectivity index (χ1v) is 6.61. The van der Waals surface area contributed by atoms with Crippen LogP contribution in [0.4, 0.5) is 5.82 Å². The normalized spacial score (nSPS) is 10.8. The van der Waals surface area contributed by atoms with E-state index in [1.54, 1.807) is 10.9 Å². The molecule has 0 aliphatic heterocycles. The van der Waals surface area contributed by atoms with E-state index >= 15 is 0 Å². The molecule has 2 heterocycles. The van der Waals surface area contributed by atoms with Crippen LogP contribution in [-0.2, 0) is 11.3 Å². The molecule has 8 nitrogen and oxygen atoms in total. The summed E-state index contributed by atoms with van der Waals surface area (Å²) in [7, 11) is 0. The van der Waals surface area contributed by atoms with Crippen LogP contribution in [0.25, 0.3) is 11.2 Å². The van der Waals surface area contributed by atoms with E-state index in [2.05, 4.69) is 32.5 Å². The van der Waals surface area contributed by atoms with Gasteiger partial charge in [-0.1, -0.05) is 6.92 Å². The summed E-state index contributed by atoms with van der Waals surface area (Å²) in [6.45, 7) is 4.59. The van der Waals surface area contributed by atoms with Gasteiger partial charge >= 0.3 is 0 Å². The third kappa shape index (κ3) is 3.41. The topological polar surface area (TPSA) is 111 Å². The molecule has 2 rings (SSSR count). The van der Waals surface area contributed by atoms with Gasteiger partial charge in [-0.25, -0.2) is 15.0 Å². The Morgan fingerprint density at radius 1 is 1.30 bits per heavy atom. The Hall–Kier alpha value is -2.22. The van der Waals surface area contributed by atoms with E-state index in [4.69, 9.17) is 5.73 Å². The third-order valence-corrected chi connectivity index (χ3v) is 2.79. The number of nitrogens with one attached hydrogen (secondary N) is 2. The molecule has 8 heteroatoms. The molecule has 0 aromatic carbocycles. The fraction of sp³-hybridized carbons (Fsp3) is 0.500. The van der Waals surface area contributed by atoms with Crippen molar-refractivity contribution in [3.8, 4) is 0 Å². The number of carbonyl (C=O) groups excluding carboxylic acids is 1. The first kappa shape index (κ1) is 14.2. The number of hydrogen-bond donors (Lipinski definition) is 3. The molecule has 0 saturated carbocycles. The predicted molar refractivity (Wildman–Crippen MR) is 75.9 cm³/mol. The second-order valence-corrected chi connectivity index (χ2v) is 4.40. The van der Waals surface area contributed by atoms with E-state index in [0.717, 1.165) is 19.5 Å². The Labute approximate surface area is 116 Å². The van der Waals surface area contributed by atoms with Crippen molar-refractivity contribution in [2.24, 2.45) is 0 Å². The highest BCUT2D eigenvalue weighted by molar-refractivity contribution is 5.83. The largest absolute Gasteiger partial charge is 0.382 e. The van der Waals surface area contributed by atoms with E-state index in [1.807, 2.05) is 0 Å². The second kappa shape index (κ2) is 6.80. The van der Waals surface area contributed by atoms with Gasteiger partial charge in [0.05, 0.1) is 6.33 Å². The molecule has 2 aromatic heterocycles. The summed E-state index contributed by atoms with van der Waals surface area (Å²) in [5.41, 5.74) is 6.78. The number of imidazole rings is 1. The van der Waals surface area contributed by atoms with Crippen LogP contribution in [0.3, 0.4) is 0 Å². The van der Waals surface area contributed by atoms with Gasteiger partial charge in [0.1, 0.15) is 18.4 Å². The van der Waals surface area contributed by atoms with Gasteiger partial charge in [-0.15, -0.1) is 0 Å². The Morgan fingerprint density at radius 2 is 2.15 bits per heavy atom. The number of nitrogen functional groups attached to an aromatic ring is 1. The van der Waals surface area contributed by atoms with Crippen LogP contribution >= 0.6 is 0 Å². The van der Waals surface area contributed by atoms with Crippen molar-refractivity contribution in [2.45, 2.75) is 19.9 Å². The molecule has 0 aliphatic carbocycles. The van der Waals surface area contributed by atoms with E-state index in [0.29, 0.717) is 23.5 Å². The van der Waals surface area contributed by atoms with Gasteiger partial charge in [-0.3, -0.25) is 4.79 Å². The quantitative estimate of drug-likeness (QED) is 0.590. The molecule has 0 fully saturated rings. The van der Waals surface area contributed by atoms with Crippen LogP contribution in [-0.4, -0.2) is 45.1 Å². The van der Waals surface area contributed by atoms with Crippen molar-refractivity contribution in [3.05, 3.63) is 12.7 Å². The van der Waals surface area contributed by atoms with E-state index in [1.165, 1.54) is 6.33 Å². The maximum atomic E-state index is 11.8. The minimum atomic E-state index is -0.0835. The smallest absolute Gasteiger partial charge is 0.240 e. The van der Waals surface area contributed by atoms with Gasteiger partial charge in [0.25, 0.3) is 0 Å². The van der Waals surface area contributed by atoms with E-state index < -0.39 is 0 Å². The lowest BCUT2D eigenvalue weighted by Crippen LogP contribution is -2.34. The molecule has 0 unspecified atom stereocenters. The lowest BCUT2D eigenvalue weighted by molar-refractivity contribution is -0.121. The zero-order valence-corrected chi connectivity index (χ0v) is 11.5. The van der Waals surface area contributed by atoms with Crippen molar-refractivity contribution >= 4 is 22.9 Å². The van der Waals surface area contributed by atoms with Crippen molar-refractivity contribution in [1.29, 1.82) is 0 Å². The average Bonchev–Trinajstić information content (AvgIpc) is 2.83. The Kier molecular flexibility index (Phi) is 4.83. The molecular formula is C12H19N7O. The molecule has 0 saturated heterocycles.